The number of para-hydroxylation sites is 1. The van der Waals surface area contributed by atoms with E-state index in [1.165, 1.54) is 43.6 Å². The first-order valence-electron chi connectivity index (χ1n) is 10.6. The van der Waals surface area contributed by atoms with Gasteiger partial charge in [-0.05, 0) is 55.2 Å². The first-order valence-corrected chi connectivity index (χ1v) is 10.6. The monoisotopic (exact) mass is 364 g/mol. The lowest BCUT2D eigenvalue weighted by Gasteiger charge is -2.51. The van der Waals surface area contributed by atoms with Gasteiger partial charge < -0.3 is 9.64 Å². The Balaban J connectivity index is 0.00000156. The first kappa shape index (κ1) is 15.3. The van der Waals surface area contributed by atoms with Crippen LogP contribution in [0.1, 0.15) is 39.1 Å². The number of carbonyl (C=O) groups excluding carboxylic acids is 1. The molecule has 1 unspecified atom stereocenters. The van der Waals surface area contributed by atoms with Gasteiger partial charge in [-0.3, -0.25) is 9.69 Å². The molecule has 5 aliphatic heterocycles. The van der Waals surface area contributed by atoms with E-state index in [0.717, 1.165) is 18.9 Å². The molecule has 1 saturated carbocycles. The predicted octanol–water partition coefficient (Wildman–Crippen LogP) is 3.12. The highest BCUT2D eigenvalue weighted by Gasteiger charge is 2.63. The summed E-state index contributed by atoms with van der Waals surface area (Å²) in [4.78, 5) is 18.3. The average molecular weight is 364 g/mol. The zero-order chi connectivity index (χ0) is 17.8. The molecule has 7 rings (SSSR count). The van der Waals surface area contributed by atoms with E-state index >= 15 is 0 Å². The van der Waals surface area contributed by atoms with Gasteiger partial charge in [-0.15, -0.1) is 0 Å². The van der Waals surface area contributed by atoms with Gasteiger partial charge in [0.2, 0.25) is 5.91 Å². The fraction of sp³-hybridized carbons (Fsp3) is 0.609. The highest BCUT2D eigenvalue weighted by molar-refractivity contribution is 5.97. The van der Waals surface area contributed by atoms with Crippen LogP contribution >= 0.6 is 0 Å². The number of hydrogen-bond donors (Lipinski definition) is 0. The number of hydrogen-bond acceptors (Lipinski definition) is 3. The van der Waals surface area contributed by atoms with Gasteiger partial charge in [0, 0.05) is 31.7 Å². The highest BCUT2D eigenvalue weighted by atomic mass is 16.5. The topological polar surface area (TPSA) is 32.8 Å². The smallest absolute Gasteiger partial charge is 0.229 e. The summed E-state index contributed by atoms with van der Waals surface area (Å²) in [5, 5.41) is 0. The molecule has 0 aromatic heterocycles. The van der Waals surface area contributed by atoms with Crippen LogP contribution in [0.2, 0.25) is 0 Å². The molecule has 6 bridgehead atoms. The first-order chi connectivity index (χ1) is 13.2. The minimum atomic E-state index is 0. The number of anilines is 1. The number of carbonyl (C=O) groups is 1. The van der Waals surface area contributed by atoms with E-state index in [-0.39, 0.29) is 18.9 Å². The zero-order valence-corrected chi connectivity index (χ0v) is 15.7. The van der Waals surface area contributed by atoms with Crippen molar-refractivity contribution in [2.75, 3.05) is 31.1 Å². The fourth-order valence-corrected chi connectivity index (χ4v) is 7.75. The molecule has 1 aromatic rings. The lowest BCUT2D eigenvalue weighted by Crippen LogP contribution is -2.50. The van der Waals surface area contributed by atoms with Gasteiger partial charge in [-0.1, -0.05) is 29.8 Å². The van der Waals surface area contributed by atoms with Crippen LogP contribution in [-0.2, 0) is 14.9 Å². The quantitative estimate of drug-likeness (QED) is 0.663. The van der Waals surface area contributed by atoms with Crippen molar-refractivity contribution in [1.82, 2.24) is 4.90 Å². The summed E-state index contributed by atoms with van der Waals surface area (Å²) in [6, 6.07) is 9.30. The van der Waals surface area contributed by atoms with E-state index < -0.39 is 0 Å². The van der Waals surface area contributed by atoms with Crippen molar-refractivity contribution in [2.24, 2.45) is 11.3 Å². The second-order valence-electron chi connectivity index (χ2n) is 9.82. The Morgan fingerprint density at radius 2 is 2.11 bits per heavy atom. The molecule has 1 amide bonds. The molecular weight excluding hydrogens is 336 g/mol. The van der Waals surface area contributed by atoms with Crippen LogP contribution in [0.4, 0.5) is 5.69 Å². The van der Waals surface area contributed by atoms with Gasteiger partial charge in [-0.2, -0.15) is 0 Å². The summed E-state index contributed by atoms with van der Waals surface area (Å²) in [5.74, 6) is 0.980. The molecule has 4 nitrogen and oxygen atoms in total. The molecule has 2 spiro atoms. The summed E-state index contributed by atoms with van der Waals surface area (Å²) in [6.45, 7) is 3.96. The summed E-state index contributed by atoms with van der Waals surface area (Å²) in [6.07, 6.45) is 7.80. The molecule has 3 saturated heterocycles. The lowest BCUT2D eigenvalue weighted by atomic mass is 9.53. The molecule has 27 heavy (non-hydrogen) atoms. The molecule has 0 radical (unpaired) electrons. The van der Waals surface area contributed by atoms with Crippen molar-refractivity contribution in [1.29, 1.82) is 0 Å². The van der Waals surface area contributed by atoms with E-state index in [1.54, 1.807) is 5.57 Å². The molecule has 1 aliphatic carbocycles. The van der Waals surface area contributed by atoms with E-state index in [1.807, 2.05) is 0 Å². The molecule has 1 aromatic carbocycles. The largest absolute Gasteiger partial charge is 0.374 e. The van der Waals surface area contributed by atoms with Crippen molar-refractivity contribution in [3.8, 4) is 0 Å². The normalized spacial score (nSPS) is 44.3. The van der Waals surface area contributed by atoms with Gasteiger partial charge in [0.15, 0.2) is 0 Å². The van der Waals surface area contributed by atoms with Crippen LogP contribution in [-0.4, -0.2) is 49.2 Å². The van der Waals surface area contributed by atoms with Crippen LogP contribution < -0.4 is 4.90 Å². The Hall–Kier alpha value is -1.65. The predicted molar refractivity (Wildman–Crippen MR) is 105 cm³/mol. The second-order valence-corrected chi connectivity index (χ2v) is 9.82. The standard InChI is InChI=1S/C23H26N2O2.H2/c26-21-9-16-11-22-10-15(17(22)5-8-27-16)13-24-7-6-23(20(24)12-22)14-25(21)19-4-2-1-3-18(19)23;/h1-5,15-16,20H,6-14H2;1H/t15?,16-,20-,22-,23+;/m0./s1. The van der Waals surface area contributed by atoms with Crippen molar-refractivity contribution < 1.29 is 11.0 Å². The Labute approximate surface area is 161 Å². The number of benzene rings is 1. The summed E-state index contributed by atoms with van der Waals surface area (Å²) in [7, 11) is 0. The Morgan fingerprint density at radius 1 is 1.19 bits per heavy atom. The third kappa shape index (κ3) is 1.75. The van der Waals surface area contributed by atoms with Gasteiger partial charge >= 0.3 is 0 Å². The Bertz CT molecular complexity index is 900. The minimum absolute atomic E-state index is 0. The third-order valence-corrected chi connectivity index (χ3v) is 8.78. The zero-order valence-electron chi connectivity index (χ0n) is 15.7. The third-order valence-electron chi connectivity index (χ3n) is 8.78. The van der Waals surface area contributed by atoms with Gasteiger partial charge in [-0.25, -0.2) is 0 Å². The summed E-state index contributed by atoms with van der Waals surface area (Å²) >= 11 is 0. The molecule has 4 fully saturated rings. The van der Waals surface area contributed by atoms with Crippen LogP contribution in [0, 0.1) is 11.3 Å². The van der Waals surface area contributed by atoms with Crippen LogP contribution in [0.25, 0.3) is 0 Å². The summed E-state index contributed by atoms with van der Waals surface area (Å²) in [5.41, 5.74) is 4.70. The van der Waals surface area contributed by atoms with E-state index in [4.69, 9.17) is 4.74 Å². The molecule has 5 atom stereocenters. The van der Waals surface area contributed by atoms with E-state index in [0.29, 0.717) is 24.5 Å². The number of fused-ring (bicyclic) bond motifs is 6. The Kier molecular flexibility index (Phi) is 2.74. The number of ether oxygens (including phenoxy) is 1. The molecule has 4 heteroatoms. The molecule has 5 heterocycles. The van der Waals surface area contributed by atoms with Crippen molar-refractivity contribution in [3.05, 3.63) is 41.5 Å². The highest BCUT2D eigenvalue weighted by Crippen LogP contribution is 2.64. The minimum Gasteiger partial charge on any atom is -0.374 e. The maximum atomic E-state index is 13.4. The van der Waals surface area contributed by atoms with Crippen molar-refractivity contribution in [3.63, 3.8) is 0 Å². The van der Waals surface area contributed by atoms with E-state index in [9.17, 15) is 4.79 Å². The molecular formula is C23H28N2O2. The second kappa shape index (κ2) is 4.84. The summed E-state index contributed by atoms with van der Waals surface area (Å²) < 4.78 is 6.18. The van der Waals surface area contributed by atoms with Crippen LogP contribution in [0.5, 0.6) is 0 Å². The maximum absolute atomic E-state index is 13.4. The van der Waals surface area contributed by atoms with Crippen molar-refractivity contribution in [2.45, 2.75) is 49.7 Å². The van der Waals surface area contributed by atoms with Gasteiger partial charge in [0.1, 0.15) is 0 Å². The number of amides is 1. The number of rotatable bonds is 0. The fourth-order valence-electron chi connectivity index (χ4n) is 7.75. The molecule has 0 N–H and O–H groups in total. The lowest BCUT2D eigenvalue weighted by molar-refractivity contribution is -0.122. The number of nitrogens with zero attached hydrogens (tertiary/aromatic N) is 2. The SMILES string of the molecule is O=C1C[C@H]2C[C@@]34CC(CN5CC[C@]6(CN1c1ccccc16)[C@@H]5C3)C4=CCO2.[HH]. The van der Waals surface area contributed by atoms with Crippen LogP contribution in [0.3, 0.4) is 0 Å². The van der Waals surface area contributed by atoms with Crippen LogP contribution in [0.15, 0.2) is 35.9 Å². The Morgan fingerprint density at radius 3 is 3.07 bits per heavy atom. The van der Waals surface area contributed by atoms with Crippen molar-refractivity contribution >= 4 is 11.6 Å². The molecule has 6 aliphatic rings. The van der Waals surface area contributed by atoms with E-state index in [2.05, 4.69) is 40.1 Å². The maximum Gasteiger partial charge on any atom is 0.229 e. The average Bonchev–Trinajstić information content (AvgIpc) is 3.01. The van der Waals surface area contributed by atoms with Gasteiger partial charge in [0.05, 0.1) is 19.1 Å². The molecule has 142 valence electrons. The van der Waals surface area contributed by atoms with Gasteiger partial charge in [0.25, 0.3) is 0 Å².